The van der Waals surface area contributed by atoms with Crippen LogP contribution in [0.2, 0.25) is 0 Å². The van der Waals surface area contributed by atoms with Crippen LogP contribution < -0.4 is 0 Å². The van der Waals surface area contributed by atoms with E-state index >= 15 is 0 Å². The van der Waals surface area contributed by atoms with Crippen LogP contribution in [0.15, 0.2) is 0 Å². The highest BCUT2D eigenvalue weighted by Crippen LogP contribution is 2.21. The highest BCUT2D eigenvalue weighted by atomic mass is 14.1. The number of unbranched alkanes of at least 4 members (excludes halogenated alkanes) is 25. The van der Waals surface area contributed by atoms with Gasteiger partial charge < -0.3 is 0 Å². The van der Waals surface area contributed by atoms with Crippen molar-refractivity contribution in [3.8, 4) is 0 Å². The summed E-state index contributed by atoms with van der Waals surface area (Å²) in [5.74, 6) is 1.02. The summed E-state index contributed by atoms with van der Waals surface area (Å²) in [6.07, 6.45) is 44.3. The van der Waals surface area contributed by atoms with Crippen LogP contribution in [0, 0.1) is 5.92 Å². The molecule has 0 aliphatic carbocycles. The van der Waals surface area contributed by atoms with E-state index < -0.39 is 0 Å². The number of hydrogen-bond acceptors (Lipinski definition) is 0. The molecule has 0 heterocycles. The molecule has 34 heavy (non-hydrogen) atoms. The van der Waals surface area contributed by atoms with Crippen molar-refractivity contribution >= 4 is 0 Å². The van der Waals surface area contributed by atoms with Gasteiger partial charge in [-0.05, 0) is 5.92 Å². The first kappa shape index (κ1) is 34.0. The first-order valence-electron chi connectivity index (χ1n) is 16.8. The lowest BCUT2D eigenvalue weighted by Crippen LogP contribution is -1.99. The van der Waals surface area contributed by atoms with E-state index in [9.17, 15) is 0 Å². The van der Waals surface area contributed by atoms with E-state index in [-0.39, 0.29) is 0 Å². The fourth-order valence-corrected chi connectivity index (χ4v) is 5.63. The molecule has 1 atom stereocenters. The smallest absolute Gasteiger partial charge is 0.0417 e. The quantitative estimate of drug-likeness (QED) is 0.0900. The topological polar surface area (TPSA) is 0 Å². The molecule has 0 fully saturated rings. The minimum atomic E-state index is 1.02. The van der Waals surface area contributed by atoms with Crippen molar-refractivity contribution in [1.82, 2.24) is 0 Å². The summed E-state index contributed by atoms with van der Waals surface area (Å²) in [6.45, 7) is 7.03. The summed E-state index contributed by atoms with van der Waals surface area (Å²) in [6, 6.07) is 0. The van der Waals surface area contributed by atoms with Crippen LogP contribution >= 0.6 is 0 Å². The molecule has 0 aromatic rings. The zero-order valence-corrected chi connectivity index (χ0v) is 24.8. The van der Waals surface area contributed by atoms with E-state index in [1.165, 1.54) is 193 Å². The van der Waals surface area contributed by atoms with E-state index in [1.807, 2.05) is 0 Å². The second-order valence-electron chi connectivity index (χ2n) is 11.7. The van der Waals surface area contributed by atoms with Crippen LogP contribution in [-0.2, 0) is 0 Å². The van der Waals surface area contributed by atoms with E-state index in [0.717, 1.165) is 5.92 Å². The van der Waals surface area contributed by atoms with E-state index in [0.29, 0.717) is 0 Å². The molecule has 0 rings (SSSR count). The fourth-order valence-electron chi connectivity index (χ4n) is 5.63. The number of rotatable bonds is 30. The van der Waals surface area contributed by atoms with Crippen LogP contribution in [0.1, 0.15) is 213 Å². The van der Waals surface area contributed by atoms with Gasteiger partial charge in [-0.2, -0.15) is 0 Å². The molecule has 0 nitrogen and oxygen atoms in total. The monoisotopic (exact) mass is 479 g/mol. The van der Waals surface area contributed by atoms with E-state index in [2.05, 4.69) is 20.8 Å². The maximum atomic E-state index is 2.41. The Balaban J connectivity index is 3.13. The molecule has 0 N–H and O–H groups in total. The molecular weight excluding hydrogens is 408 g/mol. The fraction of sp³-hybridized carbons (Fsp3) is 1.00. The molecule has 0 aliphatic rings. The van der Waals surface area contributed by atoms with Crippen molar-refractivity contribution < 1.29 is 0 Å². The third-order valence-electron chi connectivity index (χ3n) is 8.26. The number of hydrogen-bond donors (Lipinski definition) is 0. The highest BCUT2D eigenvalue weighted by molar-refractivity contribution is 4.59. The molecule has 206 valence electrons. The molecule has 1 unspecified atom stereocenters. The highest BCUT2D eigenvalue weighted by Gasteiger charge is 2.05. The largest absolute Gasteiger partial charge is 0.0654 e. The Morgan fingerprint density at radius 1 is 0.265 bits per heavy atom. The van der Waals surface area contributed by atoms with Gasteiger partial charge in [0.1, 0.15) is 0 Å². The Morgan fingerprint density at radius 2 is 0.471 bits per heavy atom. The Kier molecular flexibility index (Phi) is 31.0. The average molecular weight is 479 g/mol. The van der Waals surface area contributed by atoms with Gasteiger partial charge in [-0.25, -0.2) is 0 Å². The van der Waals surface area contributed by atoms with Gasteiger partial charge in [0.15, 0.2) is 0 Å². The van der Waals surface area contributed by atoms with Gasteiger partial charge >= 0.3 is 0 Å². The molecule has 0 aromatic heterocycles. The third kappa shape index (κ3) is 28.2. The molecular formula is C34H70. The van der Waals surface area contributed by atoms with Gasteiger partial charge in [-0.1, -0.05) is 213 Å². The maximum Gasteiger partial charge on any atom is -0.0417 e. The van der Waals surface area contributed by atoms with Crippen molar-refractivity contribution in [3.63, 3.8) is 0 Å². The Labute approximate surface area is 219 Å². The van der Waals surface area contributed by atoms with E-state index in [4.69, 9.17) is 0 Å². The second-order valence-corrected chi connectivity index (χ2v) is 11.7. The molecule has 0 bridgehead atoms. The van der Waals surface area contributed by atoms with Gasteiger partial charge in [0, 0.05) is 0 Å². The summed E-state index contributed by atoms with van der Waals surface area (Å²) in [7, 11) is 0. The molecule has 0 saturated carbocycles. The predicted octanol–water partition coefficient (Wildman–Crippen LogP) is 13.4. The summed E-state index contributed by atoms with van der Waals surface area (Å²) in [5, 5.41) is 0. The van der Waals surface area contributed by atoms with Crippen molar-refractivity contribution in [2.45, 2.75) is 213 Å². The van der Waals surface area contributed by atoms with Crippen LogP contribution in [0.4, 0.5) is 0 Å². The summed E-state index contributed by atoms with van der Waals surface area (Å²) in [4.78, 5) is 0. The normalized spacial score (nSPS) is 12.4. The lowest BCUT2D eigenvalue weighted by atomic mass is 9.92. The molecule has 0 aromatic carbocycles. The van der Waals surface area contributed by atoms with Crippen molar-refractivity contribution in [2.75, 3.05) is 0 Å². The van der Waals surface area contributed by atoms with Gasteiger partial charge in [0.25, 0.3) is 0 Å². The molecule has 0 saturated heterocycles. The zero-order valence-electron chi connectivity index (χ0n) is 24.8. The van der Waals surface area contributed by atoms with Gasteiger partial charge in [-0.3, -0.25) is 0 Å². The minimum absolute atomic E-state index is 1.02. The second kappa shape index (κ2) is 31.0. The molecule has 0 amide bonds. The lowest BCUT2D eigenvalue weighted by Gasteiger charge is -2.14. The maximum absolute atomic E-state index is 2.41. The molecule has 0 heteroatoms. The van der Waals surface area contributed by atoms with Crippen molar-refractivity contribution in [2.24, 2.45) is 5.92 Å². The Morgan fingerprint density at radius 3 is 0.706 bits per heavy atom. The molecule has 0 spiro atoms. The van der Waals surface area contributed by atoms with Crippen LogP contribution in [0.5, 0.6) is 0 Å². The summed E-state index contributed by atoms with van der Waals surface area (Å²) in [5.41, 5.74) is 0. The van der Waals surface area contributed by atoms with Gasteiger partial charge in [-0.15, -0.1) is 0 Å². The van der Waals surface area contributed by atoms with Crippen LogP contribution in [0.3, 0.4) is 0 Å². The lowest BCUT2D eigenvalue weighted by molar-refractivity contribution is 0.393. The first-order valence-corrected chi connectivity index (χ1v) is 16.8. The van der Waals surface area contributed by atoms with Crippen LogP contribution in [0.25, 0.3) is 0 Å². The average Bonchev–Trinajstić information content (AvgIpc) is 2.85. The Hall–Kier alpha value is 0. The Bertz CT molecular complexity index is 333. The minimum Gasteiger partial charge on any atom is -0.0654 e. The van der Waals surface area contributed by atoms with E-state index in [1.54, 1.807) is 0 Å². The molecule has 0 radical (unpaired) electrons. The summed E-state index contributed by atoms with van der Waals surface area (Å²) >= 11 is 0. The van der Waals surface area contributed by atoms with Crippen molar-refractivity contribution in [3.05, 3.63) is 0 Å². The third-order valence-corrected chi connectivity index (χ3v) is 8.26. The predicted molar refractivity (Wildman–Crippen MR) is 159 cm³/mol. The first-order chi connectivity index (χ1) is 16.8. The SMILES string of the molecule is CCCCCCCCCCCCCCCCCCCCCCCCCC(CC)CCCCCC. The van der Waals surface area contributed by atoms with Gasteiger partial charge in [0.2, 0.25) is 0 Å². The zero-order chi connectivity index (χ0) is 24.8. The standard InChI is InChI=1S/C34H70/c1-4-7-9-11-12-13-14-15-16-17-18-19-20-21-22-23-24-25-26-27-28-29-31-33-34(6-3)32-30-10-8-5-2/h34H,4-33H2,1-3H3. The van der Waals surface area contributed by atoms with Crippen LogP contribution in [-0.4, -0.2) is 0 Å². The molecule has 0 aliphatic heterocycles. The van der Waals surface area contributed by atoms with Crippen molar-refractivity contribution in [1.29, 1.82) is 0 Å². The van der Waals surface area contributed by atoms with Gasteiger partial charge in [0.05, 0.1) is 0 Å². The summed E-state index contributed by atoms with van der Waals surface area (Å²) < 4.78 is 0.